The van der Waals surface area contributed by atoms with E-state index in [-0.39, 0.29) is 23.1 Å². The first-order chi connectivity index (χ1) is 14.8. The Hall–Kier alpha value is -2.84. The molecule has 1 unspecified atom stereocenters. The van der Waals surface area contributed by atoms with Gasteiger partial charge in [-0.3, -0.25) is 19.3 Å². The van der Waals surface area contributed by atoms with E-state index < -0.39 is 0 Å². The van der Waals surface area contributed by atoms with Gasteiger partial charge in [0.05, 0.1) is 23.1 Å². The second kappa shape index (κ2) is 8.72. The molecule has 2 fully saturated rings. The fraction of sp³-hybridized carbons (Fsp3) is 0.409. The summed E-state index contributed by atoms with van der Waals surface area (Å²) in [5.74, 6) is -0.340. The number of nitrogens with one attached hydrogen (secondary N) is 4. The summed E-state index contributed by atoms with van der Waals surface area (Å²) < 4.78 is 0. The van der Waals surface area contributed by atoms with Gasteiger partial charge in [-0.25, -0.2) is 0 Å². The van der Waals surface area contributed by atoms with E-state index in [1.165, 1.54) is 0 Å². The highest BCUT2D eigenvalue weighted by Gasteiger charge is 2.30. The molecular formula is C22H26ClN5O3. The summed E-state index contributed by atoms with van der Waals surface area (Å²) in [5, 5.41) is 8.45. The molecule has 3 aliphatic rings. The number of aromatic nitrogens is 1. The van der Waals surface area contributed by atoms with Crippen molar-refractivity contribution in [1.29, 1.82) is 0 Å². The standard InChI is InChI=1S/C22H26ClN5O3/c1-12-18(10-16-15-9-14(23)3-4-17(15)27-21(16)30)26-13(2)20(12)22(31)25-6-8-28-7-5-24-19(29)11-28/h4,9-10,14,26H,3,5-8,11H2,1-2H3,(H,24,29)(H,25,31)(H,27,30)/b16-10-. The van der Waals surface area contributed by atoms with E-state index in [0.29, 0.717) is 43.7 Å². The molecule has 3 amide bonds. The average Bonchev–Trinajstić information content (AvgIpc) is 3.17. The monoisotopic (exact) mass is 443 g/mol. The van der Waals surface area contributed by atoms with Gasteiger partial charge in [-0.1, -0.05) is 12.2 Å². The number of aryl methyl sites for hydroxylation is 1. The number of carbonyl (C=O) groups excluding carboxylic acids is 3. The molecule has 3 heterocycles. The number of halogens is 1. The van der Waals surface area contributed by atoms with Crippen LogP contribution in [0.5, 0.6) is 0 Å². The highest BCUT2D eigenvalue weighted by Crippen LogP contribution is 2.33. The number of amides is 3. The lowest BCUT2D eigenvalue weighted by atomic mass is 9.98. The third kappa shape index (κ3) is 4.45. The Labute approximate surface area is 185 Å². The van der Waals surface area contributed by atoms with Crippen LogP contribution in [0.3, 0.4) is 0 Å². The number of hydrogen-bond acceptors (Lipinski definition) is 4. The lowest BCUT2D eigenvalue weighted by Gasteiger charge is -2.26. The Balaban J connectivity index is 1.48. The van der Waals surface area contributed by atoms with Crippen molar-refractivity contribution < 1.29 is 14.4 Å². The molecule has 0 aromatic carbocycles. The van der Waals surface area contributed by atoms with Gasteiger partial charge in [0, 0.05) is 48.8 Å². The number of rotatable bonds is 5. The second-order valence-electron chi connectivity index (χ2n) is 8.01. The first-order valence-electron chi connectivity index (χ1n) is 10.4. The zero-order valence-electron chi connectivity index (χ0n) is 17.6. The summed E-state index contributed by atoms with van der Waals surface area (Å²) in [6, 6.07) is 0. The lowest BCUT2D eigenvalue weighted by molar-refractivity contribution is -0.124. The van der Waals surface area contributed by atoms with Crippen LogP contribution in [-0.4, -0.2) is 65.7 Å². The van der Waals surface area contributed by atoms with Crippen LogP contribution < -0.4 is 16.0 Å². The van der Waals surface area contributed by atoms with Gasteiger partial charge in [-0.15, -0.1) is 11.6 Å². The second-order valence-corrected chi connectivity index (χ2v) is 8.57. The number of aromatic amines is 1. The first kappa shape index (κ1) is 21.4. The molecule has 9 heteroatoms. The number of allylic oxidation sites excluding steroid dienone is 3. The molecule has 2 aliphatic heterocycles. The molecule has 1 aromatic heterocycles. The zero-order valence-corrected chi connectivity index (χ0v) is 18.4. The van der Waals surface area contributed by atoms with Crippen molar-refractivity contribution >= 4 is 35.4 Å². The zero-order chi connectivity index (χ0) is 22.1. The van der Waals surface area contributed by atoms with E-state index in [0.717, 1.165) is 34.8 Å². The fourth-order valence-electron chi connectivity index (χ4n) is 4.19. The highest BCUT2D eigenvalue weighted by atomic mass is 35.5. The van der Waals surface area contributed by atoms with Gasteiger partial charge in [0.15, 0.2) is 0 Å². The number of alkyl halides is 1. The quantitative estimate of drug-likeness (QED) is 0.404. The molecule has 164 valence electrons. The third-order valence-corrected chi connectivity index (χ3v) is 6.09. The normalized spacial score (nSPS) is 22.5. The minimum Gasteiger partial charge on any atom is -0.358 e. The van der Waals surface area contributed by atoms with Crippen LogP contribution in [0, 0.1) is 13.8 Å². The summed E-state index contributed by atoms with van der Waals surface area (Å²) in [6.07, 6.45) is 6.28. The molecule has 4 rings (SSSR count). The Morgan fingerprint density at radius 3 is 2.94 bits per heavy atom. The van der Waals surface area contributed by atoms with Crippen LogP contribution in [-0.2, 0) is 9.59 Å². The van der Waals surface area contributed by atoms with Crippen molar-refractivity contribution in [3.05, 3.63) is 51.5 Å². The van der Waals surface area contributed by atoms with Crippen molar-refractivity contribution in [2.75, 3.05) is 32.7 Å². The third-order valence-electron chi connectivity index (χ3n) is 5.79. The van der Waals surface area contributed by atoms with E-state index in [1.54, 1.807) is 6.08 Å². The number of carbonyl (C=O) groups is 3. The van der Waals surface area contributed by atoms with Crippen molar-refractivity contribution in [3.8, 4) is 0 Å². The van der Waals surface area contributed by atoms with Crippen molar-refractivity contribution in [1.82, 2.24) is 25.8 Å². The molecule has 1 atom stereocenters. The van der Waals surface area contributed by atoms with Gasteiger partial charge in [0.1, 0.15) is 0 Å². The number of H-pyrrole nitrogens is 1. The maximum atomic E-state index is 12.8. The molecule has 0 spiro atoms. The van der Waals surface area contributed by atoms with Gasteiger partial charge in [0.25, 0.3) is 11.8 Å². The predicted molar refractivity (Wildman–Crippen MR) is 119 cm³/mol. The summed E-state index contributed by atoms with van der Waals surface area (Å²) in [6.45, 7) is 6.53. The molecule has 0 bridgehead atoms. The van der Waals surface area contributed by atoms with Gasteiger partial charge in [-0.05, 0) is 31.9 Å². The van der Waals surface area contributed by atoms with Crippen LogP contribution in [0.2, 0.25) is 0 Å². The topological polar surface area (TPSA) is 106 Å². The molecular weight excluding hydrogens is 418 g/mol. The lowest BCUT2D eigenvalue weighted by Crippen LogP contribution is -2.49. The van der Waals surface area contributed by atoms with E-state index in [2.05, 4.69) is 20.9 Å². The number of nitrogens with zero attached hydrogens (tertiary/aromatic N) is 1. The van der Waals surface area contributed by atoms with Gasteiger partial charge in [-0.2, -0.15) is 0 Å². The molecule has 8 nitrogen and oxygen atoms in total. The van der Waals surface area contributed by atoms with E-state index in [1.807, 2.05) is 30.9 Å². The first-order valence-corrected chi connectivity index (χ1v) is 10.8. The minimum absolute atomic E-state index is 0.00935. The average molecular weight is 444 g/mol. The molecule has 0 saturated carbocycles. The fourth-order valence-corrected chi connectivity index (χ4v) is 4.40. The Bertz CT molecular complexity index is 1040. The van der Waals surface area contributed by atoms with Crippen molar-refractivity contribution in [3.63, 3.8) is 0 Å². The summed E-state index contributed by atoms with van der Waals surface area (Å²) in [4.78, 5) is 42.0. The number of piperazine rings is 1. The van der Waals surface area contributed by atoms with Crippen LogP contribution >= 0.6 is 11.6 Å². The Morgan fingerprint density at radius 2 is 2.16 bits per heavy atom. The summed E-state index contributed by atoms with van der Waals surface area (Å²) >= 11 is 6.24. The number of hydrogen-bond donors (Lipinski definition) is 4. The van der Waals surface area contributed by atoms with Crippen molar-refractivity contribution in [2.24, 2.45) is 0 Å². The summed E-state index contributed by atoms with van der Waals surface area (Å²) in [7, 11) is 0. The predicted octanol–water partition coefficient (Wildman–Crippen LogP) is 1.13. The van der Waals surface area contributed by atoms with Crippen LogP contribution in [0.15, 0.2) is 29.0 Å². The number of fused-ring (bicyclic) bond motifs is 1. The Kier molecular flexibility index (Phi) is 6.02. The molecule has 1 aliphatic carbocycles. The van der Waals surface area contributed by atoms with E-state index >= 15 is 0 Å². The van der Waals surface area contributed by atoms with Crippen molar-refractivity contribution in [2.45, 2.75) is 25.6 Å². The maximum absolute atomic E-state index is 12.8. The maximum Gasteiger partial charge on any atom is 0.256 e. The smallest absolute Gasteiger partial charge is 0.256 e. The Morgan fingerprint density at radius 1 is 1.35 bits per heavy atom. The van der Waals surface area contributed by atoms with Crippen LogP contribution in [0.25, 0.3) is 6.08 Å². The molecule has 31 heavy (non-hydrogen) atoms. The minimum atomic E-state index is -0.175. The molecule has 2 saturated heterocycles. The SMILES string of the molecule is Cc1[nH]c(/C=C2\C(=O)NC3=CCC(Cl)C=C32)c(C)c1C(=O)NCCN1CCNC(=O)C1. The van der Waals surface area contributed by atoms with Gasteiger partial charge < -0.3 is 20.9 Å². The van der Waals surface area contributed by atoms with E-state index in [9.17, 15) is 14.4 Å². The largest absolute Gasteiger partial charge is 0.358 e. The molecule has 0 radical (unpaired) electrons. The molecule has 1 aromatic rings. The van der Waals surface area contributed by atoms with E-state index in [4.69, 9.17) is 11.6 Å². The van der Waals surface area contributed by atoms with Gasteiger partial charge >= 0.3 is 0 Å². The summed E-state index contributed by atoms with van der Waals surface area (Å²) in [5.41, 5.74) is 4.95. The van der Waals surface area contributed by atoms with Crippen LogP contribution in [0.1, 0.15) is 33.7 Å². The van der Waals surface area contributed by atoms with Gasteiger partial charge in [0.2, 0.25) is 5.91 Å². The highest BCUT2D eigenvalue weighted by molar-refractivity contribution is 6.22. The molecule has 4 N–H and O–H groups in total. The van der Waals surface area contributed by atoms with Crippen LogP contribution in [0.4, 0.5) is 0 Å².